The van der Waals surface area contributed by atoms with Gasteiger partial charge >= 0.3 is 0 Å². The van der Waals surface area contributed by atoms with Crippen molar-refractivity contribution in [3.05, 3.63) is 27.7 Å². The van der Waals surface area contributed by atoms with Gasteiger partial charge in [-0.25, -0.2) is 0 Å². The van der Waals surface area contributed by atoms with Crippen LogP contribution in [0, 0.1) is 0 Å². The summed E-state index contributed by atoms with van der Waals surface area (Å²) in [6, 6.07) is 3.79. The van der Waals surface area contributed by atoms with E-state index in [9.17, 15) is 0 Å². The maximum atomic E-state index is 6.11. The highest BCUT2D eigenvalue weighted by Crippen LogP contribution is 2.33. The molecule has 1 rings (SSSR count). The van der Waals surface area contributed by atoms with Gasteiger partial charge in [0.05, 0.1) is 17.2 Å². The van der Waals surface area contributed by atoms with E-state index < -0.39 is 0 Å². The number of hydrogen-bond donors (Lipinski definition) is 1. The fraction of sp³-hybridized carbons (Fsp3) is 0.600. The second-order valence-corrected chi connectivity index (χ2v) is 5.46. The molecule has 114 valence electrons. The van der Waals surface area contributed by atoms with E-state index in [2.05, 4.69) is 24.1 Å². The van der Waals surface area contributed by atoms with E-state index in [-0.39, 0.29) is 0 Å². The van der Waals surface area contributed by atoms with Crippen LogP contribution in [0.2, 0.25) is 10.0 Å². The predicted octanol–water partition coefficient (Wildman–Crippen LogP) is 3.82. The van der Waals surface area contributed by atoms with Gasteiger partial charge in [0, 0.05) is 6.54 Å². The topological polar surface area (TPSA) is 24.5 Å². The van der Waals surface area contributed by atoms with Crippen molar-refractivity contribution >= 4 is 23.2 Å². The van der Waals surface area contributed by atoms with Gasteiger partial charge in [-0.05, 0) is 50.3 Å². The molecule has 0 aliphatic carbocycles. The van der Waals surface area contributed by atoms with E-state index in [0.717, 1.165) is 44.7 Å². The van der Waals surface area contributed by atoms with Crippen molar-refractivity contribution in [1.82, 2.24) is 10.2 Å². The van der Waals surface area contributed by atoms with E-state index in [1.807, 2.05) is 12.1 Å². The van der Waals surface area contributed by atoms with Crippen molar-refractivity contribution in [2.75, 3.05) is 33.3 Å². The highest BCUT2D eigenvalue weighted by Gasteiger charge is 2.08. The lowest BCUT2D eigenvalue weighted by molar-refractivity contribution is 0.298. The van der Waals surface area contributed by atoms with E-state index in [4.69, 9.17) is 27.9 Å². The Morgan fingerprint density at radius 1 is 1.15 bits per heavy atom. The lowest BCUT2D eigenvalue weighted by Crippen LogP contribution is -2.27. The summed E-state index contributed by atoms with van der Waals surface area (Å²) in [7, 11) is 1.57. The maximum Gasteiger partial charge on any atom is 0.156 e. The number of rotatable bonds is 9. The summed E-state index contributed by atoms with van der Waals surface area (Å²) in [6.45, 7) is 9.49. The number of methoxy groups -OCH3 is 1. The summed E-state index contributed by atoms with van der Waals surface area (Å²) in [6.07, 6.45) is 1.14. The summed E-state index contributed by atoms with van der Waals surface area (Å²) < 4.78 is 5.14. The average Bonchev–Trinajstić information content (AvgIpc) is 2.42. The number of benzene rings is 1. The minimum absolute atomic E-state index is 0.540. The third-order valence-electron chi connectivity index (χ3n) is 3.31. The van der Waals surface area contributed by atoms with Crippen molar-refractivity contribution in [2.24, 2.45) is 0 Å². The van der Waals surface area contributed by atoms with Gasteiger partial charge in [-0.1, -0.05) is 37.0 Å². The van der Waals surface area contributed by atoms with Gasteiger partial charge in [-0.3, -0.25) is 0 Å². The van der Waals surface area contributed by atoms with Crippen molar-refractivity contribution in [3.8, 4) is 5.75 Å². The highest BCUT2D eigenvalue weighted by atomic mass is 35.5. The summed E-state index contributed by atoms with van der Waals surface area (Å²) in [5.41, 5.74) is 1.07. The third kappa shape index (κ3) is 5.49. The molecule has 0 amide bonds. The van der Waals surface area contributed by atoms with E-state index in [0.29, 0.717) is 15.8 Å². The van der Waals surface area contributed by atoms with Gasteiger partial charge in [0.2, 0.25) is 0 Å². The average molecular weight is 319 g/mol. The zero-order chi connectivity index (χ0) is 15.0. The van der Waals surface area contributed by atoms with Crippen LogP contribution < -0.4 is 10.1 Å². The molecule has 0 saturated carbocycles. The largest absolute Gasteiger partial charge is 0.494 e. The molecular weight excluding hydrogens is 295 g/mol. The first-order chi connectivity index (χ1) is 9.62. The van der Waals surface area contributed by atoms with E-state index >= 15 is 0 Å². The fourth-order valence-corrected chi connectivity index (χ4v) is 2.80. The third-order valence-corrected chi connectivity index (χ3v) is 3.88. The second kappa shape index (κ2) is 9.46. The molecule has 0 fully saturated rings. The normalized spacial score (nSPS) is 11.1. The first-order valence-corrected chi connectivity index (χ1v) is 7.82. The van der Waals surface area contributed by atoms with Crippen LogP contribution in [0.4, 0.5) is 0 Å². The van der Waals surface area contributed by atoms with Crippen molar-refractivity contribution in [2.45, 2.75) is 26.8 Å². The molecule has 3 nitrogen and oxygen atoms in total. The van der Waals surface area contributed by atoms with Crippen LogP contribution in [-0.2, 0) is 6.54 Å². The molecule has 0 aromatic heterocycles. The zero-order valence-electron chi connectivity index (χ0n) is 12.5. The Balaban J connectivity index is 2.36. The van der Waals surface area contributed by atoms with Crippen LogP contribution in [0.15, 0.2) is 12.1 Å². The molecule has 0 aliphatic heterocycles. The molecule has 1 aromatic carbocycles. The standard InChI is InChI=1S/C15H24Cl2N2O/c1-4-19(5-2)8-6-7-18-11-12-9-13(16)15(20-3)14(17)10-12/h9-10,18H,4-8,11H2,1-3H3. The minimum atomic E-state index is 0.540. The summed E-state index contributed by atoms with van der Waals surface area (Å²) in [4.78, 5) is 2.42. The Kier molecular flexibility index (Phi) is 8.31. The Labute approximate surface area is 132 Å². The molecule has 0 radical (unpaired) electrons. The lowest BCUT2D eigenvalue weighted by Gasteiger charge is -2.17. The van der Waals surface area contributed by atoms with Gasteiger partial charge in [-0.15, -0.1) is 0 Å². The monoisotopic (exact) mass is 318 g/mol. The molecule has 0 unspecified atom stereocenters. The smallest absolute Gasteiger partial charge is 0.156 e. The molecule has 20 heavy (non-hydrogen) atoms. The first-order valence-electron chi connectivity index (χ1n) is 7.07. The zero-order valence-corrected chi connectivity index (χ0v) is 14.0. The summed E-state index contributed by atoms with van der Waals surface area (Å²) >= 11 is 12.2. The molecule has 0 aliphatic rings. The number of nitrogens with zero attached hydrogens (tertiary/aromatic N) is 1. The number of hydrogen-bond acceptors (Lipinski definition) is 3. The van der Waals surface area contributed by atoms with Crippen LogP contribution >= 0.6 is 23.2 Å². The van der Waals surface area contributed by atoms with E-state index in [1.165, 1.54) is 0 Å². The van der Waals surface area contributed by atoms with E-state index in [1.54, 1.807) is 7.11 Å². The predicted molar refractivity (Wildman–Crippen MR) is 87.1 cm³/mol. The SMILES string of the molecule is CCN(CC)CCCNCc1cc(Cl)c(OC)c(Cl)c1. The van der Waals surface area contributed by atoms with Gasteiger partial charge in [0.25, 0.3) is 0 Å². The van der Waals surface area contributed by atoms with Crippen molar-refractivity contribution in [3.63, 3.8) is 0 Å². The number of ether oxygens (including phenoxy) is 1. The van der Waals surface area contributed by atoms with Crippen LogP contribution in [0.25, 0.3) is 0 Å². The summed E-state index contributed by atoms with van der Waals surface area (Å²) in [5, 5.41) is 4.52. The molecule has 0 bridgehead atoms. The van der Waals surface area contributed by atoms with Gasteiger partial charge in [0.15, 0.2) is 5.75 Å². The van der Waals surface area contributed by atoms with Gasteiger partial charge < -0.3 is 15.0 Å². The lowest BCUT2D eigenvalue weighted by atomic mass is 10.2. The van der Waals surface area contributed by atoms with Crippen LogP contribution in [0.1, 0.15) is 25.8 Å². The molecule has 0 heterocycles. The Bertz CT molecular complexity index is 386. The Hall–Kier alpha value is -0.480. The van der Waals surface area contributed by atoms with Crippen LogP contribution in [-0.4, -0.2) is 38.2 Å². The van der Waals surface area contributed by atoms with Crippen LogP contribution in [0.5, 0.6) is 5.75 Å². The molecule has 1 N–H and O–H groups in total. The molecular formula is C15H24Cl2N2O. The summed E-state index contributed by atoms with van der Waals surface area (Å²) in [5.74, 6) is 0.540. The molecule has 0 atom stereocenters. The first kappa shape index (κ1) is 17.6. The molecule has 0 spiro atoms. The second-order valence-electron chi connectivity index (χ2n) is 4.65. The molecule has 0 saturated heterocycles. The van der Waals surface area contributed by atoms with Crippen LogP contribution in [0.3, 0.4) is 0 Å². The minimum Gasteiger partial charge on any atom is -0.494 e. The van der Waals surface area contributed by atoms with Gasteiger partial charge in [0.1, 0.15) is 0 Å². The molecule has 1 aromatic rings. The van der Waals surface area contributed by atoms with Crippen molar-refractivity contribution in [1.29, 1.82) is 0 Å². The Morgan fingerprint density at radius 2 is 1.75 bits per heavy atom. The maximum absolute atomic E-state index is 6.11. The van der Waals surface area contributed by atoms with Crippen molar-refractivity contribution < 1.29 is 4.74 Å². The highest BCUT2D eigenvalue weighted by molar-refractivity contribution is 6.37. The quantitative estimate of drug-likeness (QED) is 0.700. The number of halogens is 2. The number of nitrogens with one attached hydrogen (secondary N) is 1. The molecule has 5 heteroatoms. The Morgan fingerprint density at radius 3 is 2.25 bits per heavy atom. The van der Waals surface area contributed by atoms with Gasteiger partial charge in [-0.2, -0.15) is 0 Å². The fourth-order valence-electron chi connectivity index (χ4n) is 2.11.